The van der Waals surface area contributed by atoms with Crippen molar-refractivity contribution in [1.29, 1.82) is 0 Å². The monoisotopic (exact) mass is 321 g/mol. The maximum atomic E-state index is 11.7. The minimum absolute atomic E-state index is 0. The van der Waals surface area contributed by atoms with Gasteiger partial charge in [-0.2, -0.15) is 0 Å². The second kappa shape index (κ2) is 8.76. The van der Waals surface area contributed by atoms with Gasteiger partial charge in [0.05, 0.1) is 25.6 Å². The molecule has 0 aliphatic carbocycles. The third kappa shape index (κ3) is 4.21. The quantitative estimate of drug-likeness (QED) is 0.710. The average Bonchev–Trinajstić information content (AvgIpc) is 2.51. The van der Waals surface area contributed by atoms with Crippen LogP contribution in [-0.4, -0.2) is 30.7 Å². The summed E-state index contributed by atoms with van der Waals surface area (Å²) in [5, 5.41) is 11.8. The molecule has 4 heteroatoms. The molecule has 0 aliphatic rings. The summed E-state index contributed by atoms with van der Waals surface area (Å²) in [5.74, 6) is -1.15. The second-order valence-electron chi connectivity index (χ2n) is 5.45. The fourth-order valence-corrected chi connectivity index (χ4v) is 2.92. The van der Waals surface area contributed by atoms with Crippen LogP contribution in [0.15, 0.2) is 42.5 Å². The number of fused-ring (bicyclic) bond motifs is 1. The van der Waals surface area contributed by atoms with Gasteiger partial charge in [-0.15, -0.1) is 0 Å². The average molecular weight is 322 g/mol. The van der Waals surface area contributed by atoms with Crippen molar-refractivity contribution < 1.29 is 27.2 Å². The van der Waals surface area contributed by atoms with Gasteiger partial charge in [-0.25, -0.2) is 0 Å². The molecule has 0 aromatic heterocycles. The van der Waals surface area contributed by atoms with Crippen molar-refractivity contribution in [1.82, 2.24) is 0 Å². The molecule has 2 aromatic carbocycles. The van der Waals surface area contributed by atoms with Crippen molar-refractivity contribution in [2.24, 2.45) is 0 Å². The Hall–Kier alpha value is -1.58. The summed E-state index contributed by atoms with van der Waals surface area (Å²) in [4.78, 5) is 13.2. The van der Waals surface area contributed by atoms with Crippen LogP contribution in [0.5, 0.6) is 0 Å². The summed E-state index contributed by atoms with van der Waals surface area (Å²) in [5.41, 5.74) is 0.937. The molecular formula is C18H24ClNO2. The molecule has 2 aromatic rings. The Morgan fingerprint density at radius 3 is 2.36 bits per heavy atom. The topological polar surface area (TPSA) is 41.7 Å². The normalized spacial score (nSPS) is 12.1. The Kier molecular flexibility index (Phi) is 7.36. The standard InChI is InChI=1S/C18H23NO2.ClH/c1-3-19(4-2)13-12-17(18(20)21)16-11-7-9-14-8-5-6-10-15(14)16;/h5-11,17H,3-4,12-13H2,1-2H3,(H,20,21);1H. The number of quaternary nitrogens is 1. The number of benzene rings is 2. The Morgan fingerprint density at radius 1 is 1.09 bits per heavy atom. The number of aliphatic carboxylic acids is 1. The summed E-state index contributed by atoms with van der Waals surface area (Å²) in [7, 11) is 0. The van der Waals surface area contributed by atoms with Gasteiger partial charge in [-0.1, -0.05) is 42.5 Å². The van der Waals surface area contributed by atoms with Crippen LogP contribution in [0.25, 0.3) is 10.8 Å². The molecule has 0 heterocycles. The molecule has 0 spiro atoms. The van der Waals surface area contributed by atoms with E-state index < -0.39 is 11.9 Å². The highest BCUT2D eigenvalue weighted by molar-refractivity contribution is 5.90. The van der Waals surface area contributed by atoms with Gasteiger partial charge < -0.3 is 22.4 Å². The van der Waals surface area contributed by atoms with Crippen molar-refractivity contribution in [2.45, 2.75) is 26.2 Å². The van der Waals surface area contributed by atoms with Crippen LogP contribution in [0, 0.1) is 0 Å². The number of hydrogen-bond acceptors (Lipinski definition) is 1. The van der Waals surface area contributed by atoms with Crippen LogP contribution < -0.4 is 17.3 Å². The minimum Gasteiger partial charge on any atom is -1.00 e. The summed E-state index contributed by atoms with van der Waals surface area (Å²) < 4.78 is 0. The number of carbonyl (C=O) groups is 1. The fraction of sp³-hybridized carbons (Fsp3) is 0.389. The van der Waals surface area contributed by atoms with Crippen molar-refractivity contribution >= 4 is 16.7 Å². The highest BCUT2D eigenvalue weighted by atomic mass is 35.5. The Bertz CT molecular complexity index is 606. The lowest BCUT2D eigenvalue weighted by Crippen LogP contribution is -3.11. The molecule has 0 bridgehead atoms. The lowest BCUT2D eigenvalue weighted by Gasteiger charge is -2.19. The van der Waals surface area contributed by atoms with Crippen LogP contribution in [0.3, 0.4) is 0 Å². The van der Waals surface area contributed by atoms with Gasteiger partial charge in [0.1, 0.15) is 0 Å². The summed E-state index contributed by atoms with van der Waals surface area (Å²) in [6.07, 6.45) is 0.681. The molecule has 1 atom stereocenters. The van der Waals surface area contributed by atoms with Gasteiger partial charge >= 0.3 is 5.97 Å². The van der Waals surface area contributed by atoms with Crippen LogP contribution in [0.1, 0.15) is 31.7 Å². The molecule has 0 aliphatic heterocycles. The van der Waals surface area contributed by atoms with E-state index in [2.05, 4.69) is 13.8 Å². The van der Waals surface area contributed by atoms with Crippen molar-refractivity contribution in [3.63, 3.8) is 0 Å². The molecule has 2 N–H and O–H groups in total. The molecule has 3 nitrogen and oxygen atoms in total. The summed E-state index contributed by atoms with van der Waals surface area (Å²) in [6.45, 7) is 7.27. The largest absolute Gasteiger partial charge is 1.00 e. The lowest BCUT2D eigenvalue weighted by molar-refractivity contribution is -0.896. The van der Waals surface area contributed by atoms with Crippen LogP contribution in [-0.2, 0) is 4.79 Å². The SMILES string of the molecule is CC[NH+](CC)CCC(C(=O)O)c1cccc2ccccc12.[Cl-]. The van der Waals surface area contributed by atoms with Crippen molar-refractivity contribution in [3.8, 4) is 0 Å². The maximum absolute atomic E-state index is 11.7. The Balaban J connectivity index is 0.00000242. The van der Waals surface area contributed by atoms with E-state index in [0.717, 1.165) is 36.0 Å². The predicted molar refractivity (Wildman–Crippen MR) is 85.9 cm³/mol. The number of halogens is 1. The lowest BCUT2D eigenvalue weighted by atomic mass is 9.91. The fourth-order valence-electron chi connectivity index (χ4n) is 2.92. The van der Waals surface area contributed by atoms with Crippen molar-refractivity contribution in [2.75, 3.05) is 19.6 Å². The number of nitrogens with one attached hydrogen (secondary N) is 1. The first-order valence-corrected chi connectivity index (χ1v) is 7.71. The molecule has 0 radical (unpaired) electrons. The Morgan fingerprint density at radius 2 is 1.73 bits per heavy atom. The van der Waals surface area contributed by atoms with E-state index in [-0.39, 0.29) is 12.4 Å². The van der Waals surface area contributed by atoms with E-state index >= 15 is 0 Å². The molecule has 2 rings (SSSR count). The Labute approximate surface area is 138 Å². The third-order valence-electron chi connectivity index (χ3n) is 4.28. The highest BCUT2D eigenvalue weighted by Crippen LogP contribution is 2.27. The second-order valence-corrected chi connectivity index (χ2v) is 5.45. The predicted octanol–water partition coefficient (Wildman–Crippen LogP) is -0.673. The highest BCUT2D eigenvalue weighted by Gasteiger charge is 2.23. The van der Waals surface area contributed by atoms with E-state index in [0.29, 0.717) is 6.42 Å². The first-order chi connectivity index (χ1) is 10.2. The van der Waals surface area contributed by atoms with Crippen LogP contribution in [0.2, 0.25) is 0 Å². The molecule has 0 amide bonds. The molecular weight excluding hydrogens is 298 g/mol. The van der Waals surface area contributed by atoms with E-state index in [9.17, 15) is 9.90 Å². The van der Waals surface area contributed by atoms with Gasteiger partial charge in [-0.3, -0.25) is 4.79 Å². The van der Waals surface area contributed by atoms with E-state index in [1.165, 1.54) is 4.90 Å². The maximum Gasteiger partial charge on any atom is 0.311 e. The molecule has 120 valence electrons. The zero-order chi connectivity index (χ0) is 15.2. The van der Waals surface area contributed by atoms with Crippen LogP contribution >= 0.6 is 0 Å². The molecule has 1 unspecified atom stereocenters. The molecule has 0 fully saturated rings. The van der Waals surface area contributed by atoms with Gasteiger partial charge in [0.2, 0.25) is 0 Å². The first kappa shape index (κ1) is 18.5. The first-order valence-electron chi connectivity index (χ1n) is 7.71. The van der Waals surface area contributed by atoms with Gasteiger partial charge in [0.15, 0.2) is 0 Å². The molecule has 22 heavy (non-hydrogen) atoms. The minimum atomic E-state index is -0.724. The zero-order valence-corrected chi connectivity index (χ0v) is 13.9. The molecule has 0 saturated carbocycles. The van der Waals surface area contributed by atoms with Gasteiger partial charge in [0.25, 0.3) is 0 Å². The smallest absolute Gasteiger partial charge is 0.311 e. The number of rotatable bonds is 7. The van der Waals surface area contributed by atoms with E-state index in [4.69, 9.17) is 0 Å². The number of carboxylic acids is 1. The van der Waals surface area contributed by atoms with Gasteiger partial charge in [-0.05, 0) is 30.2 Å². The van der Waals surface area contributed by atoms with Crippen LogP contribution in [0.4, 0.5) is 0 Å². The number of carboxylic acid groups (broad SMARTS) is 1. The third-order valence-corrected chi connectivity index (χ3v) is 4.28. The summed E-state index contributed by atoms with van der Waals surface area (Å²) >= 11 is 0. The molecule has 0 saturated heterocycles. The van der Waals surface area contributed by atoms with Crippen molar-refractivity contribution in [3.05, 3.63) is 48.0 Å². The van der Waals surface area contributed by atoms with Gasteiger partial charge in [0, 0.05) is 6.42 Å². The van der Waals surface area contributed by atoms with E-state index in [1.807, 2.05) is 42.5 Å². The number of hydrogen-bond donors (Lipinski definition) is 2. The summed E-state index contributed by atoms with van der Waals surface area (Å²) in [6, 6.07) is 14.0. The van der Waals surface area contributed by atoms with E-state index in [1.54, 1.807) is 0 Å². The zero-order valence-electron chi connectivity index (χ0n) is 13.2.